The number of hydrogen-bond acceptors (Lipinski definition) is 10. The van der Waals surface area contributed by atoms with Gasteiger partial charge in [0.05, 0.1) is 38.9 Å². The molecule has 0 bridgehead atoms. The SMILES string of the molecule is COc1ccc(NC(=O)NN=C(C)c2ccc(OC3OCCOC3Oc3ccc(C(C)=NNC(=O)Nc4ccc(OC)cc4)cc3)cc2)cc1. The third kappa shape index (κ3) is 10.2. The van der Waals surface area contributed by atoms with Crippen molar-refractivity contribution in [2.75, 3.05) is 38.1 Å². The molecule has 14 nitrogen and oxygen atoms in total. The minimum atomic E-state index is -0.830. The minimum absolute atomic E-state index is 0.340. The summed E-state index contributed by atoms with van der Waals surface area (Å²) in [4.78, 5) is 24.5. The van der Waals surface area contributed by atoms with Gasteiger partial charge in [-0.15, -0.1) is 0 Å². The highest BCUT2D eigenvalue weighted by Crippen LogP contribution is 2.23. The van der Waals surface area contributed by atoms with E-state index in [4.69, 9.17) is 28.4 Å². The van der Waals surface area contributed by atoms with E-state index in [1.165, 1.54) is 0 Å². The van der Waals surface area contributed by atoms with Crippen molar-refractivity contribution in [3.63, 3.8) is 0 Å². The lowest BCUT2D eigenvalue weighted by molar-refractivity contribution is -0.271. The predicted molar refractivity (Wildman–Crippen MR) is 188 cm³/mol. The highest BCUT2D eigenvalue weighted by atomic mass is 16.8. The zero-order valence-electron chi connectivity index (χ0n) is 28.0. The number of anilines is 2. The number of hydrogen-bond donors (Lipinski definition) is 4. The zero-order chi connectivity index (χ0) is 35.3. The summed E-state index contributed by atoms with van der Waals surface area (Å²) in [6, 6.07) is 27.3. The topological polar surface area (TPSA) is 162 Å². The van der Waals surface area contributed by atoms with Crippen LogP contribution in [-0.4, -0.2) is 63.5 Å². The molecule has 2 unspecified atom stereocenters. The Bertz CT molecular complexity index is 1650. The number of ether oxygens (including phenoxy) is 6. The van der Waals surface area contributed by atoms with Gasteiger partial charge in [0.2, 0.25) is 0 Å². The molecule has 260 valence electrons. The van der Waals surface area contributed by atoms with Gasteiger partial charge in [0.1, 0.15) is 23.0 Å². The Kier molecular flexibility index (Phi) is 12.2. The monoisotopic (exact) mass is 682 g/mol. The van der Waals surface area contributed by atoms with Gasteiger partial charge in [0.15, 0.2) is 0 Å². The lowest BCUT2D eigenvalue weighted by atomic mass is 10.1. The quantitative estimate of drug-likeness (QED) is 0.105. The second-order valence-electron chi connectivity index (χ2n) is 10.7. The molecule has 0 saturated carbocycles. The fourth-order valence-corrected chi connectivity index (χ4v) is 4.55. The van der Waals surface area contributed by atoms with Gasteiger partial charge in [-0.1, -0.05) is 0 Å². The largest absolute Gasteiger partial charge is 0.497 e. The van der Waals surface area contributed by atoms with Crippen LogP contribution in [0.1, 0.15) is 25.0 Å². The number of hydrazone groups is 2. The molecular formula is C36H38N6O8. The number of urea groups is 2. The van der Waals surface area contributed by atoms with E-state index in [0.717, 1.165) is 11.1 Å². The molecule has 50 heavy (non-hydrogen) atoms. The van der Waals surface area contributed by atoms with E-state index in [2.05, 4.69) is 31.7 Å². The maximum atomic E-state index is 12.3. The van der Waals surface area contributed by atoms with Crippen molar-refractivity contribution >= 4 is 34.9 Å². The summed E-state index contributed by atoms with van der Waals surface area (Å²) in [6.45, 7) is 4.24. The molecule has 0 aromatic heterocycles. The number of nitrogens with one attached hydrogen (secondary N) is 4. The number of methoxy groups -OCH3 is 2. The molecule has 0 spiro atoms. The average molecular weight is 683 g/mol. The van der Waals surface area contributed by atoms with Crippen LogP contribution in [0.2, 0.25) is 0 Å². The molecule has 1 aliphatic heterocycles. The molecule has 4 aromatic rings. The molecule has 1 fully saturated rings. The molecule has 1 saturated heterocycles. The van der Waals surface area contributed by atoms with Crippen LogP contribution in [0.4, 0.5) is 21.0 Å². The van der Waals surface area contributed by atoms with E-state index < -0.39 is 24.6 Å². The van der Waals surface area contributed by atoms with Crippen molar-refractivity contribution in [3.8, 4) is 23.0 Å². The molecule has 2 atom stereocenters. The van der Waals surface area contributed by atoms with Crippen molar-refractivity contribution in [1.82, 2.24) is 10.9 Å². The van der Waals surface area contributed by atoms with Crippen LogP contribution in [0.5, 0.6) is 23.0 Å². The van der Waals surface area contributed by atoms with Gasteiger partial charge in [-0.05, 0) is 122 Å². The molecule has 5 rings (SSSR count). The van der Waals surface area contributed by atoms with E-state index in [-0.39, 0.29) is 0 Å². The van der Waals surface area contributed by atoms with Crippen molar-refractivity contribution in [1.29, 1.82) is 0 Å². The van der Waals surface area contributed by atoms with Crippen LogP contribution in [0, 0.1) is 0 Å². The fourth-order valence-electron chi connectivity index (χ4n) is 4.55. The summed E-state index contributed by atoms with van der Waals surface area (Å²) >= 11 is 0. The molecule has 0 radical (unpaired) electrons. The third-order valence-electron chi connectivity index (χ3n) is 7.26. The predicted octanol–water partition coefficient (Wildman–Crippen LogP) is 5.95. The Balaban J connectivity index is 1.10. The van der Waals surface area contributed by atoms with Crippen LogP contribution in [-0.2, 0) is 9.47 Å². The average Bonchev–Trinajstić information content (AvgIpc) is 3.15. The maximum absolute atomic E-state index is 12.3. The Hall–Kier alpha value is -6.12. The summed E-state index contributed by atoms with van der Waals surface area (Å²) < 4.78 is 34.0. The maximum Gasteiger partial charge on any atom is 0.339 e. The molecule has 0 aliphatic carbocycles. The first kappa shape index (κ1) is 35.2. The highest BCUT2D eigenvalue weighted by Gasteiger charge is 2.31. The van der Waals surface area contributed by atoms with Crippen molar-refractivity contribution < 1.29 is 38.0 Å². The molecule has 4 amide bonds. The Labute approximate surface area is 289 Å². The summed E-state index contributed by atoms with van der Waals surface area (Å²) in [5.74, 6) is 2.44. The molecule has 1 aliphatic rings. The molecule has 4 N–H and O–H groups in total. The van der Waals surface area contributed by atoms with Crippen LogP contribution in [0.15, 0.2) is 107 Å². The fraction of sp³-hybridized carbons (Fsp3) is 0.222. The van der Waals surface area contributed by atoms with Gasteiger partial charge in [0, 0.05) is 11.4 Å². The van der Waals surface area contributed by atoms with Crippen molar-refractivity contribution in [2.24, 2.45) is 10.2 Å². The van der Waals surface area contributed by atoms with Gasteiger partial charge in [-0.25, -0.2) is 20.4 Å². The zero-order valence-corrected chi connectivity index (χ0v) is 28.0. The smallest absolute Gasteiger partial charge is 0.339 e. The summed E-state index contributed by atoms with van der Waals surface area (Å²) in [6.07, 6.45) is -1.66. The lowest BCUT2D eigenvalue weighted by Crippen LogP contribution is -2.45. The van der Waals surface area contributed by atoms with Gasteiger partial charge >= 0.3 is 12.1 Å². The van der Waals surface area contributed by atoms with Crippen LogP contribution >= 0.6 is 0 Å². The van der Waals surface area contributed by atoms with Gasteiger partial charge in [-0.3, -0.25) is 0 Å². The Morgan fingerprint density at radius 1 is 0.560 bits per heavy atom. The first-order valence-electron chi connectivity index (χ1n) is 15.6. The number of amides is 4. The van der Waals surface area contributed by atoms with Crippen LogP contribution in [0.25, 0.3) is 0 Å². The summed E-state index contributed by atoms with van der Waals surface area (Å²) in [7, 11) is 3.15. The first-order valence-corrected chi connectivity index (χ1v) is 15.6. The Morgan fingerprint density at radius 2 is 0.900 bits per heavy atom. The molecule has 4 aromatic carbocycles. The van der Waals surface area contributed by atoms with Crippen LogP contribution < -0.4 is 40.4 Å². The number of nitrogens with zero attached hydrogens (tertiary/aromatic N) is 2. The van der Waals surface area contributed by atoms with E-state index in [1.807, 2.05) is 24.3 Å². The minimum Gasteiger partial charge on any atom is -0.497 e. The van der Waals surface area contributed by atoms with Crippen molar-refractivity contribution in [2.45, 2.75) is 26.4 Å². The molecule has 14 heteroatoms. The van der Waals surface area contributed by atoms with Crippen molar-refractivity contribution in [3.05, 3.63) is 108 Å². The molecule has 1 heterocycles. The third-order valence-corrected chi connectivity index (χ3v) is 7.26. The lowest BCUT2D eigenvalue weighted by Gasteiger charge is -2.31. The van der Waals surface area contributed by atoms with E-state index in [1.54, 1.807) is 101 Å². The highest BCUT2D eigenvalue weighted by molar-refractivity contribution is 6.00. The number of benzene rings is 4. The number of carbonyl (C=O) groups is 2. The molecular weight excluding hydrogens is 644 g/mol. The first-order chi connectivity index (χ1) is 24.3. The normalized spacial score (nSPS) is 16.1. The van der Waals surface area contributed by atoms with E-state index in [0.29, 0.717) is 59.0 Å². The standard InChI is InChI=1S/C36H38N6O8/c1-23(39-41-35(43)37-27-9-17-29(45-3)18-10-27)25-5-13-31(14-6-25)49-33-34(48-22-21-47-33)50-32-15-7-26(8-16-32)24(2)40-42-36(44)38-28-11-19-30(46-4)20-12-28/h5-20,33-34H,21-22H2,1-4H3,(H2,37,41,43)(H2,38,42,44). The van der Waals surface area contributed by atoms with E-state index >= 15 is 0 Å². The second kappa shape index (κ2) is 17.3. The van der Waals surface area contributed by atoms with Gasteiger partial charge in [-0.2, -0.15) is 10.2 Å². The summed E-state index contributed by atoms with van der Waals surface area (Å²) in [5.41, 5.74) is 8.94. The Morgan fingerprint density at radius 3 is 1.24 bits per heavy atom. The second-order valence-corrected chi connectivity index (χ2v) is 10.7. The van der Waals surface area contributed by atoms with E-state index in [9.17, 15) is 9.59 Å². The van der Waals surface area contributed by atoms with Gasteiger partial charge < -0.3 is 39.1 Å². The number of rotatable bonds is 12. The summed E-state index contributed by atoms with van der Waals surface area (Å²) in [5, 5.41) is 13.8. The van der Waals surface area contributed by atoms with Gasteiger partial charge in [0.25, 0.3) is 12.6 Å². The number of carbonyl (C=O) groups excluding carboxylic acids is 2. The van der Waals surface area contributed by atoms with Crippen LogP contribution in [0.3, 0.4) is 0 Å².